The number of anilines is 1. The lowest BCUT2D eigenvalue weighted by Gasteiger charge is -2.24. The molecular weight excluding hydrogens is 306 g/mol. The molecule has 0 aliphatic heterocycles. The van der Waals surface area contributed by atoms with Gasteiger partial charge in [-0.25, -0.2) is 13.4 Å². The lowest BCUT2D eigenvalue weighted by Crippen LogP contribution is -2.21. The van der Waals surface area contributed by atoms with Crippen molar-refractivity contribution in [1.82, 2.24) is 9.36 Å². The maximum Gasteiger partial charge on any atom is 0.205 e. The quantitative estimate of drug-likeness (QED) is 0.846. The maximum absolute atomic E-state index is 11.5. The van der Waals surface area contributed by atoms with Crippen LogP contribution in [0.3, 0.4) is 0 Å². The Hall–Kier alpha value is -1.47. The van der Waals surface area contributed by atoms with Gasteiger partial charge in [-0.1, -0.05) is 19.1 Å². The molecule has 0 amide bonds. The Morgan fingerprint density at radius 1 is 1.29 bits per heavy atom. The minimum Gasteiger partial charge on any atom is -0.343 e. The molecule has 0 aliphatic carbocycles. The fourth-order valence-electron chi connectivity index (χ4n) is 1.91. The molecule has 1 atom stereocenters. The van der Waals surface area contributed by atoms with E-state index in [2.05, 4.69) is 16.3 Å². The van der Waals surface area contributed by atoms with Crippen molar-refractivity contribution in [3.8, 4) is 0 Å². The van der Waals surface area contributed by atoms with Crippen molar-refractivity contribution < 1.29 is 8.42 Å². The molecule has 0 aliphatic rings. The highest BCUT2D eigenvalue weighted by Gasteiger charge is 2.17. The molecule has 0 bridgehead atoms. The predicted octanol–water partition coefficient (Wildman–Crippen LogP) is 2.70. The zero-order valence-electron chi connectivity index (χ0n) is 12.6. The molecule has 21 heavy (non-hydrogen) atoms. The van der Waals surface area contributed by atoms with E-state index in [0.717, 1.165) is 22.9 Å². The van der Waals surface area contributed by atoms with E-state index in [4.69, 9.17) is 0 Å². The third-order valence-electron chi connectivity index (χ3n) is 3.45. The summed E-state index contributed by atoms with van der Waals surface area (Å²) in [5, 5.41) is 0.867. The van der Waals surface area contributed by atoms with Crippen LogP contribution >= 0.6 is 11.5 Å². The van der Waals surface area contributed by atoms with Gasteiger partial charge in [0.2, 0.25) is 5.13 Å². The Morgan fingerprint density at radius 2 is 1.90 bits per heavy atom. The largest absolute Gasteiger partial charge is 0.343 e. The Morgan fingerprint density at radius 3 is 2.38 bits per heavy atom. The van der Waals surface area contributed by atoms with Crippen molar-refractivity contribution in [2.75, 3.05) is 18.2 Å². The summed E-state index contributed by atoms with van der Waals surface area (Å²) in [6.45, 7) is 4.08. The number of nitrogens with zero attached hydrogens (tertiary/aromatic N) is 3. The lowest BCUT2D eigenvalue weighted by molar-refractivity contribution is 0.601. The molecule has 5 nitrogen and oxygen atoms in total. The third kappa shape index (κ3) is 3.59. The van der Waals surface area contributed by atoms with Crippen LogP contribution in [0.25, 0.3) is 0 Å². The molecule has 0 spiro atoms. The number of hydrogen-bond donors (Lipinski definition) is 0. The van der Waals surface area contributed by atoms with E-state index < -0.39 is 9.84 Å². The summed E-state index contributed by atoms with van der Waals surface area (Å²) < 4.78 is 27.2. The first kappa shape index (κ1) is 15.9. The average molecular weight is 325 g/mol. The van der Waals surface area contributed by atoms with E-state index in [1.807, 2.05) is 31.0 Å². The van der Waals surface area contributed by atoms with Crippen molar-refractivity contribution in [3.05, 3.63) is 35.7 Å². The first-order valence-corrected chi connectivity index (χ1v) is 9.35. The number of rotatable bonds is 5. The SMILES string of the molecule is CCc1nsc(N(C)[C@H](C)c2ccc(S(C)(=O)=O)cc2)n1. The molecule has 1 aromatic carbocycles. The first-order chi connectivity index (χ1) is 9.82. The molecule has 0 N–H and O–H groups in total. The Labute approximate surface area is 129 Å². The summed E-state index contributed by atoms with van der Waals surface area (Å²) in [6, 6.07) is 7.08. The van der Waals surface area contributed by atoms with Gasteiger partial charge in [-0.15, -0.1) is 0 Å². The molecule has 2 aromatic rings. The van der Waals surface area contributed by atoms with Gasteiger partial charge in [0.15, 0.2) is 9.84 Å². The summed E-state index contributed by atoms with van der Waals surface area (Å²) in [5.74, 6) is 0.849. The molecule has 0 saturated heterocycles. The summed E-state index contributed by atoms with van der Waals surface area (Å²) >= 11 is 1.38. The summed E-state index contributed by atoms with van der Waals surface area (Å²) in [7, 11) is -1.18. The second kappa shape index (κ2) is 6.11. The zero-order valence-corrected chi connectivity index (χ0v) is 14.2. The van der Waals surface area contributed by atoms with Gasteiger partial charge in [-0.05, 0) is 24.6 Å². The molecule has 0 saturated carbocycles. The fraction of sp³-hybridized carbons (Fsp3) is 0.429. The minimum absolute atomic E-state index is 0.0938. The molecular formula is C14H19N3O2S2. The normalized spacial score (nSPS) is 13.1. The molecule has 0 radical (unpaired) electrons. The van der Waals surface area contributed by atoms with Crippen molar-refractivity contribution in [3.63, 3.8) is 0 Å². The number of aryl methyl sites for hydroxylation is 1. The second-order valence-electron chi connectivity index (χ2n) is 4.97. The maximum atomic E-state index is 11.5. The van der Waals surface area contributed by atoms with E-state index in [-0.39, 0.29) is 6.04 Å². The average Bonchev–Trinajstić information content (AvgIpc) is 2.94. The predicted molar refractivity (Wildman–Crippen MR) is 85.7 cm³/mol. The summed E-state index contributed by atoms with van der Waals surface area (Å²) in [6.07, 6.45) is 2.03. The van der Waals surface area contributed by atoms with E-state index in [0.29, 0.717) is 4.90 Å². The smallest absolute Gasteiger partial charge is 0.205 e. The van der Waals surface area contributed by atoms with E-state index in [1.54, 1.807) is 12.1 Å². The van der Waals surface area contributed by atoms with Crippen molar-refractivity contribution in [2.45, 2.75) is 31.2 Å². The Balaban J connectivity index is 2.21. The lowest BCUT2D eigenvalue weighted by atomic mass is 10.1. The van der Waals surface area contributed by atoms with Gasteiger partial charge in [0.1, 0.15) is 5.82 Å². The van der Waals surface area contributed by atoms with Crippen molar-refractivity contribution in [2.24, 2.45) is 0 Å². The van der Waals surface area contributed by atoms with Crippen LogP contribution in [0.4, 0.5) is 5.13 Å². The minimum atomic E-state index is -3.15. The summed E-state index contributed by atoms with van der Waals surface area (Å²) in [4.78, 5) is 6.86. The molecule has 1 heterocycles. The summed E-state index contributed by atoms with van der Waals surface area (Å²) in [5.41, 5.74) is 1.04. The van der Waals surface area contributed by atoms with Gasteiger partial charge in [-0.2, -0.15) is 4.37 Å². The van der Waals surface area contributed by atoms with Crippen LogP contribution < -0.4 is 4.90 Å². The van der Waals surface area contributed by atoms with E-state index >= 15 is 0 Å². The second-order valence-corrected chi connectivity index (χ2v) is 7.72. The van der Waals surface area contributed by atoms with Crippen LogP contribution in [-0.2, 0) is 16.3 Å². The number of hydrogen-bond acceptors (Lipinski definition) is 6. The van der Waals surface area contributed by atoms with E-state index in [9.17, 15) is 8.42 Å². The third-order valence-corrected chi connectivity index (χ3v) is 5.42. The topological polar surface area (TPSA) is 63.2 Å². The Bertz CT molecular complexity index is 708. The van der Waals surface area contributed by atoms with Crippen LogP contribution in [0, 0.1) is 0 Å². The fourth-order valence-corrected chi connectivity index (χ4v) is 3.33. The highest BCUT2D eigenvalue weighted by molar-refractivity contribution is 7.90. The van der Waals surface area contributed by atoms with E-state index in [1.165, 1.54) is 17.8 Å². The monoisotopic (exact) mass is 325 g/mol. The van der Waals surface area contributed by atoms with Gasteiger partial charge in [-0.3, -0.25) is 0 Å². The van der Waals surface area contributed by atoms with Crippen LogP contribution in [0.1, 0.15) is 31.3 Å². The molecule has 0 unspecified atom stereocenters. The molecule has 1 aromatic heterocycles. The van der Waals surface area contributed by atoms with Gasteiger partial charge < -0.3 is 4.90 Å². The number of sulfone groups is 1. The standard InChI is InChI=1S/C14H19N3O2S2/c1-5-13-15-14(20-16-13)17(3)10(2)11-6-8-12(9-7-11)21(4,18)19/h6-10H,5H2,1-4H3/t10-/m1/s1. The number of aromatic nitrogens is 2. The van der Waals surface area contributed by atoms with Gasteiger partial charge in [0.05, 0.1) is 10.9 Å². The first-order valence-electron chi connectivity index (χ1n) is 6.68. The highest BCUT2D eigenvalue weighted by atomic mass is 32.2. The molecule has 2 rings (SSSR count). The van der Waals surface area contributed by atoms with Crippen LogP contribution in [-0.4, -0.2) is 31.1 Å². The van der Waals surface area contributed by atoms with Gasteiger partial charge in [0.25, 0.3) is 0 Å². The zero-order chi connectivity index (χ0) is 15.6. The molecule has 7 heteroatoms. The van der Waals surface area contributed by atoms with Crippen molar-refractivity contribution >= 4 is 26.5 Å². The van der Waals surface area contributed by atoms with Crippen LogP contribution in [0.15, 0.2) is 29.2 Å². The highest BCUT2D eigenvalue weighted by Crippen LogP contribution is 2.27. The van der Waals surface area contributed by atoms with Gasteiger partial charge >= 0.3 is 0 Å². The number of benzene rings is 1. The van der Waals surface area contributed by atoms with Gasteiger partial charge in [0, 0.05) is 31.3 Å². The molecule has 114 valence electrons. The van der Waals surface area contributed by atoms with Crippen molar-refractivity contribution in [1.29, 1.82) is 0 Å². The van der Waals surface area contributed by atoms with Crippen LogP contribution in [0.2, 0.25) is 0 Å². The van der Waals surface area contributed by atoms with Crippen LogP contribution in [0.5, 0.6) is 0 Å². The molecule has 0 fully saturated rings. The Kier molecular flexibility index (Phi) is 4.63.